The van der Waals surface area contributed by atoms with Gasteiger partial charge in [-0.25, -0.2) is 4.79 Å². The van der Waals surface area contributed by atoms with Crippen LogP contribution in [0, 0.1) is 10.1 Å². The fourth-order valence-electron chi connectivity index (χ4n) is 0.942. The van der Waals surface area contributed by atoms with Crippen LogP contribution in [0.1, 0.15) is 5.56 Å². The van der Waals surface area contributed by atoms with Gasteiger partial charge in [-0.2, -0.15) is 0 Å². The number of hydrogen-bond donors (Lipinski definition) is 1. The second-order valence-corrected chi connectivity index (χ2v) is 3.05. The van der Waals surface area contributed by atoms with E-state index in [0.29, 0.717) is 5.56 Å². The second-order valence-electron chi connectivity index (χ2n) is 2.64. The summed E-state index contributed by atoms with van der Waals surface area (Å²) in [5.74, 6) is -1.09. The van der Waals surface area contributed by atoms with E-state index in [2.05, 4.69) is 0 Å². The Morgan fingerprint density at radius 2 is 2.20 bits per heavy atom. The molecule has 1 N–H and O–H groups in total. The molecule has 0 radical (unpaired) electrons. The zero-order valence-electron chi connectivity index (χ0n) is 7.38. The van der Waals surface area contributed by atoms with Crippen molar-refractivity contribution in [3.05, 3.63) is 45.0 Å². The van der Waals surface area contributed by atoms with E-state index in [1.54, 1.807) is 0 Å². The SMILES string of the molecule is O=C(O)/C=C/c1ccc([N+](=O)[O-])c(Cl)c1. The number of carboxylic acids is 1. The number of halogens is 1. The predicted octanol–water partition coefficient (Wildman–Crippen LogP) is 2.35. The lowest BCUT2D eigenvalue weighted by molar-refractivity contribution is -0.384. The minimum Gasteiger partial charge on any atom is -0.478 e. The molecule has 0 saturated heterocycles. The van der Waals surface area contributed by atoms with Gasteiger partial charge in [-0.3, -0.25) is 10.1 Å². The highest BCUT2D eigenvalue weighted by Gasteiger charge is 2.10. The minimum atomic E-state index is -1.09. The predicted molar refractivity (Wildman–Crippen MR) is 54.8 cm³/mol. The van der Waals surface area contributed by atoms with Gasteiger partial charge in [-0.1, -0.05) is 11.6 Å². The fraction of sp³-hybridized carbons (Fsp3) is 0. The molecule has 5 nitrogen and oxygen atoms in total. The molecule has 0 atom stereocenters. The average molecular weight is 228 g/mol. The van der Waals surface area contributed by atoms with Crippen molar-refractivity contribution >= 4 is 29.3 Å². The van der Waals surface area contributed by atoms with Gasteiger partial charge in [0.05, 0.1) is 4.92 Å². The van der Waals surface area contributed by atoms with Crippen LogP contribution < -0.4 is 0 Å². The smallest absolute Gasteiger partial charge is 0.328 e. The van der Waals surface area contributed by atoms with E-state index in [4.69, 9.17) is 16.7 Å². The van der Waals surface area contributed by atoms with Crippen molar-refractivity contribution in [1.82, 2.24) is 0 Å². The summed E-state index contributed by atoms with van der Waals surface area (Å²) in [5.41, 5.74) is 0.289. The lowest BCUT2D eigenvalue weighted by Crippen LogP contribution is -1.89. The van der Waals surface area contributed by atoms with Crippen LogP contribution in [0.15, 0.2) is 24.3 Å². The topological polar surface area (TPSA) is 80.4 Å². The summed E-state index contributed by atoms with van der Waals surface area (Å²) in [7, 11) is 0. The maximum atomic E-state index is 10.4. The number of rotatable bonds is 3. The van der Waals surface area contributed by atoms with Crippen molar-refractivity contribution in [3.8, 4) is 0 Å². The number of carbonyl (C=O) groups is 1. The molecule has 0 spiro atoms. The Morgan fingerprint density at radius 3 is 2.67 bits per heavy atom. The van der Waals surface area contributed by atoms with Gasteiger partial charge in [0, 0.05) is 12.1 Å². The molecule has 0 saturated carbocycles. The van der Waals surface area contributed by atoms with Gasteiger partial charge >= 0.3 is 5.97 Å². The highest BCUT2D eigenvalue weighted by molar-refractivity contribution is 6.32. The highest BCUT2D eigenvalue weighted by atomic mass is 35.5. The van der Waals surface area contributed by atoms with Gasteiger partial charge in [-0.05, 0) is 23.8 Å². The largest absolute Gasteiger partial charge is 0.478 e. The second kappa shape index (κ2) is 4.56. The quantitative estimate of drug-likeness (QED) is 0.488. The maximum Gasteiger partial charge on any atom is 0.328 e. The van der Waals surface area contributed by atoms with Crippen LogP contribution in [0.5, 0.6) is 0 Å². The molecule has 1 rings (SSSR count). The first kappa shape index (κ1) is 11.2. The Hall–Kier alpha value is -1.88. The summed E-state index contributed by atoms with van der Waals surface area (Å²) in [5, 5.41) is 18.7. The third kappa shape index (κ3) is 3.07. The van der Waals surface area contributed by atoms with Crippen LogP contribution in [-0.2, 0) is 4.79 Å². The molecule has 78 valence electrons. The van der Waals surface area contributed by atoms with Gasteiger partial charge in [0.1, 0.15) is 5.02 Å². The number of nitro benzene ring substituents is 1. The lowest BCUT2D eigenvalue weighted by atomic mass is 10.2. The standard InChI is InChI=1S/C9H6ClNO4/c10-7-5-6(2-4-9(12)13)1-3-8(7)11(14)15/h1-5H,(H,12,13)/b4-2+. The minimum absolute atomic E-state index is 0.0208. The molecule has 0 aromatic heterocycles. The molecular formula is C9H6ClNO4. The van der Waals surface area contributed by atoms with Crippen LogP contribution in [0.25, 0.3) is 6.08 Å². The molecule has 0 heterocycles. The van der Waals surface area contributed by atoms with Crippen molar-refractivity contribution in [2.24, 2.45) is 0 Å². The van der Waals surface area contributed by atoms with Gasteiger partial charge in [0.2, 0.25) is 0 Å². The van der Waals surface area contributed by atoms with E-state index in [-0.39, 0.29) is 10.7 Å². The van der Waals surface area contributed by atoms with Crippen molar-refractivity contribution in [1.29, 1.82) is 0 Å². The Morgan fingerprint density at radius 1 is 1.53 bits per heavy atom. The van der Waals surface area contributed by atoms with Gasteiger partial charge < -0.3 is 5.11 Å². The molecule has 0 fully saturated rings. The first-order chi connectivity index (χ1) is 7.00. The van der Waals surface area contributed by atoms with E-state index in [1.807, 2.05) is 0 Å². The van der Waals surface area contributed by atoms with Gasteiger partial charge in [-0.15, -0.1) is 0 Å². The molecular weight excluding hydrogens is 222 g/mol. The molecule has 1 aromatic carbocycles. The van der Waals surface area contributed by atoms with Gasteiger partial charge in [0.15, 0.2) is 0 Å². The zero-order valence-corrected chi connectivity index (χ0v) is 8.14. The van der Waals surface area contributed by atoms with Crippen molar-refractivity contribution in [2.75, 3.05) is 0 Å². The van der Waals surface area contributed by atoms with Crippen molar-refractivity contribution in [2.45, 2.75) is 0 Å². The molecule has 0 aliphatic carbocycles. The van der Waals surface area contributed by atoms with Crippen molar-refractivity contribution < 1.29 is 14.8 Å². The first-order valence-corrected chi connectivity index (χ1v) is 4.23. The van der Waals surface area contributed by atoms with Crippen LogP contribution in [0.2, 0.25) is 5.02 Å². The van der Waals surface area contributed by atoms with Crippen LogP contribution in [0.3, 0.4) is 0 Å². The number of nitrogens with zero attached hydrogens (tertiary/aromatic N) is 1. The molecule has 1 aromatic rings. The summed E-state index contributed by atoms with van der Waals surface area (Å²) in [6.07, 6.45) is 2.23. The molecule has 6 heteroatoms. The Kier molecular flexibility index (Phi) is 3.41. The summed E-state index contributed by atoms with van der Waals surface area (Å²) < 4.78 is 0. The van der Waals surface area contributed by atoms with E-state index in [0.717, 1.165) is 6.08 Å². The van der Waals surface area contributed by atoms with Gasteiger partial charge in [0.25, 0.3) is 5.69 Å². The Bertz CT molecular complexity index is 442. The summed E-state index contributed by atoms with van der Waals surface area (Å²) in [6.45, 7) is 0. The fourth-order valence-corrected chi connectivity index (χ4v) is 1.20. The molecule has 15 heavy (non-hydrogen) atoms. The zero-order chi connectivity index (χ0) is 11.4. The number of aliphatic carboxylic acids is 1. The number of carboxylic acid groups (broad SMARTS) is 1. The molecule has 0 aliphatic heterocycles. The monoisotopic (exact) mass is 227 g/mol. The lowest BCUT2D eigenvalue weighted by Gasteiger charge is -1.96. The van der Waals surface area contributed by atoms with E-state index in [9.17, 15) is 14.9 Å². The third-order valence-electron chi connectivity index (χ3n) is 1.59. The molecule has 0 unspecified atom stereocenters. The van der Waals surface area contributed by atoms with Crippen LogP contribution >= 0.6 is 11.6 Å². The third-order valence-corrected chi connectivity index (χ3v) is 1.89. The Balaban J connectivity index is 3.01. The van der Waals surface area contributed by atoms with Crippen LogP contribution in [0.4, 0.5) is 5.69 Å². The Labute approximate surface area is 89.7 Å². The van der Waals surface area contributed by atoms with E-state index in [1.165, 1.54) is 24.3 Å². The maximum absolute atomic E-state index is 10.4. The van der Waals surface area contributed by atoms with Crippen molar-refractivity contribution in [3.63, 3.8) is 0 Å². The number of nitro groups is 1. The average Bonchev–Trinajstić information content (AvgIpc) is 2.14. The highest BCUT2D eigenvalue weighted by Crippen LogP contribution is 2.25. The van der Waals surface area contributed by atoms with E-state index < -0.39 is 10.9 Å². The van der Waals surface area contributed by atoms with E-state index >= 15 is 0 Å². The first-order valence-electron chi connectivity index (χ1n) is 3.85. The molecule has 0 amide bonds. The van der Waals surface area contributed by atoms with Crippen LogP contribution in [-0.4, -0.2) is 16.0 Å². The summed E-state index contributed by atoms with van der Waals surface area (Å²) in [4.78, 5) is 20.0. The number of benzene rings is 1. The molecule has 0 aliphatic rings. The normalized spacial score (nSPS) is 10.5. The molecule has 0 bridgehead atoms. The number of hydrogen-bond acceptors (Lipinski definition) is 3. The summed E-state index contributed by atoms with van der Waals surface area (Å²) in [6, 6.07) is 3.98. The summed E-state index contributed by atoms with van der Waals surface area (Å²) >= 11 is 5.62.